The zero-order valence-corrected chi connectivity index (χ0v) is 12.2. The lowest BCUT2D eigenvalue weighted by Crippen LogP contribution is -2.11. The smallest absolute Gasteiger partial charge is 0.336 e. The average molecular weight is 296 g/mol. The molecule has 0 fully saturated rings. The minimum absolute atomic E-state index is 0.00684. The summed E-state index contributed by atoms with van der Waals surface area (Å²) in [6, 6.07) is 13.4. The van der Waals surface area contributed by atoms with E-state index in [1.54, 1.807) is 24.3 Å². The number of carboxylic acids is 1. The van der Waals surface area contributed by atoms with Gasteiger partial charge in [-0.15, -0.1) is 0 Å². The largest absolute Gasteiger partial charge is 0.478 e. The fourth-order valence-electron chi connectivity index (χ4n) is 2.33. The van der Waals surface area contributed by atoms with Gasteiger partial charge in [-0.25, -0.2) is 4.79 Å². The number of carbonyl (C=O) groups excluding carboxylic acids is 2. The van der Waals surface area contributed by atoms with E-state index in [-0.39, 0.29) is 29.1 Å². The predicted octanol–water partition coefficient (Wildman–Crippen LogP) is 2.94. The lowest BCUT2D eigenvalue weighted by atomic mass is 9.97. The maximum atomic E-state index is 12.3. The molecule has 0 atom stereocenters. The van der Waals surface area contributed by atoms with Crippen molar-refractivity contribution in [3.63, 3.8) is 0 Å². The summed E-state index contributed by atoms with van der Waals surface area (Å²) in [5.74, 6) is -1.31. The summed E-state index contributed by atoms with van der Waals surface area (Å²) in [4.78, 5) is 34.7. The van der Waals surface area contributed by atoms with Crippen LogP contribution in [-0.2, 0) is 17.6 Å². The van der Waals surface area contributed by atoms with Crippen LogP contribution in [0.2, 0.25) is 0 Å². The monoisotopic (exact) mass is 296 g/mol. The van der Waals surface area contributed by atoms with Crippen molar-refractivity contribution in [1.82, 2.24) is 0 Å². The number of carboxylic acid groups (broad SMARTS) is 1. The van der Waals surface area contributed by atoms with Crippen LogP contribution < -0.4 is 0 Å². The van der Waals surface area contributed by atoms with E-state index in [4.69, 9.17) is 5.11 Å². The summed E-state index contributed by atoms with van der Waals surface area (Å²) < 4.78 is 0. The number of rotatable bonds is 6. The highest BCUT2D eigenvalue weighted by Gasteiger charge is 2.16. The normalized spacial score (nSPS) is 10.2. The number of carbonyl (C=O) groups is 3. The van der Waals surface area contributed by atoms with E-state index >= 15 is 0 Å². The molecular weight excluding hydrogens is 280 g/mol. The van der Waals surface area contributed by atoms with Gasteiger partial charge in [-0.05, 0) is 24.1 Å². The first kappa shape index (κ1) is 15.6. The first-order chi connectivity index (χ1) is 10.5. The zero-order chi connectivity index (χ0) is 16.1. The minimum Gasteiger partial charge on any atom is -0.478 e. The summed E-state index contributed by atoms with van der Waals surface area (Å²) in [5.41, 5.74) is 1.83. The Bertz CT molecular complexity index is 731. The molecule has 2 aromatic carbocycles. The summed E-state index contributed by atoms with van der Waals surface area (Å²) in [5, 5.41) is 9.13. The molecular formula is C18H16O4. The third kappa shape index (κ3) is 3.88. The summed E-state index contributed by atoms with van der Waals surface area (Å²) in [6.45, 7) is 1.51. The Kier molecular flexibility index (Phi) is 4.84. The molecule has 1 N–H and O–H groups in total. The van der Waals surface area contributed by atoms with Gasteiger partial charge < -0.3 is 5.11 Å². The first-order valence-electron chi connectivity index (χ1n) is 6.90. The van der Waals surface area contributed by atoms with Crippen LogP contribution in [0.1, 0.15) is 38.8 Å². The molecule has 4 nitrogen and oxygen atoms in total. The Hall–Kier alpha value is -2.75. The van der Waals surface area contributed by atoms with Gasteiger partial charge in [-0.1, -0.05) is 42.5 Å². The predicted molar refractivity (Wildman–Crippen MR) is 82.3 cm³/mol. The molecule has 0 aromatic heterocycles. The average Bonchev–Trinajstić information content (AvgIpc) is 2.46. The molecule has 0 aliphatic rings. The van der Waals surface area contributed by atoms with Crippen LogP contribution in [0, 0.1) is 0 Å². The van der Waals surface area contributed by atoms with Crippen LogP contribution in [0.4, 0.5) is 0 Å². The highest BCUT2D eigenvalue weighted by atomic mass is 16.4. The lowest BCUT2D eigenvalue weighted by Gasteiger charge is -2.06. The van der Waals surface area contributed by atoms with Crippen molar-refractivity contribution < 1.29 is 19.5 Å². The molecule has 0 spiro atoms. The molecule has 4 heteroatoms. The molecule has 0 amide bonds. The number of aromatic carboxylic acids is 1. The van der Waals surface area contributed by atoms with Crippen molar-refractivity contribution in [3.05, 3.63) is 70.8 Å². The number of hydrogen-bond donors (Lipinski definition) is 1. The van der Waals surface area contributed by atoms with Crippen molar-refractivity contribution in [3.8, 4) is 0 Å². The fourth-order valence-corrected chi connectivity index (χ4v) is 2.33. The molecule has 0 radical (unpaired) electrons. The van der Waals surface area contributed by atoms with Crippen molar-refractivity contribution in [2.75, 3.05) is 0 Å². The van der Waals surface area contributed by atoms with Crippen molar-refractivity contribution >= 4 is 17.5 Å². The third-order valence-electron chi connectivity index (χ3n) is 3.27. The van der Waals surface area contributed by atoms with Crippen LogP contribution in [0.3, 0.4) is 0 Å². The van der Waals surface area contributed by atoms with E-state index in [1.807, 2.05) is 12.1 Å². The van der Waals surface area contributed by atoms with E-state index in [1.165, 1.54) is 19.1 Å². The number of ketones is 2. The Morgan fingerprint density at radius 1 is 0.864 bits per heavy atom. The van der Waals surface area contributed by atoms with E-state index in [0.29, 0.717) is 6.42 Å². The Morgan fingerprint density at radius 2 is 1.45 bits per heavy atom. The van der Waals surface area contributed by atoms with Gasteiger partial charge in [0.2, 0.25) is 0 Å². The Balaban J connectivity index is 2.22. The van der Waals surface area contributed by atoms with Gasteiger partial charge in [0, 0.05) is 18.4 Å². The van der Waals surface area contributed by atoms with Crippen molar-refractivity contribution in [1.29, 1.82) is 0 Å². The van der Waals surface area contributed by atoms with E-state index in [2.05, 4.69) is 0 Å². The number of Topliss-reactive ketones (excluding diaryl/α,β-unsaturated/α-hetero) is 2. The molecule has 0 aliphatic heterocycles. The van der Waals surface area contributed by atoms with E-state index < -0.39 is 5.97 Å². The van der Waals surface area contributed by atoms with Gasteiger partial charge in [-0.3, -0.25) is 9.59 Å². The molecule has 112 valence electrons. The molecule has 0 aliphatic carbocycles. The van der Waals surface area contributed by atoms with E-state index in [0.717, 1.165) is 11.1 Å². The molecule has 0 heterocycles. The zero-order valence-electron chi connectivity index (χ0n) is 12.2. The molecule has 0 saturated carbocycles. The summed E-state index contributed by atoms with van der Waals surface area (Å²) in [7, 11) is 0. The molecule has 22 heavy (non-hydrogen) atoms. The molecule has 0 bridgehead atoms. The SMILES string of the molecule is CC(=O)Cc1cccc(CC(=O)c2ccccc2C(=O)O)c1. The topological polar surface area (TPSA) is 71.4 Å². The van der Waals surface area contributed by atoms with Crippen LogP contribution in [0.15, 0.2) is 48.5 Å². The van der Waals surface area contributed by atoms with Gasteiger partial charge in [-0.2, -0.15) is 0 Å². The molecule has 0 saturated heterocycles. The van der Waals surface area contributed by atoms with Crippen LogP contribution in [0.5, 0.6) is 0 Å². The second kappa shape index (κ2) is 6.80. The molecule has 2 aromatic rings. The van der Waals surface area contributed by atoms with Gasteiger partial charge in [0.15, 0.2) is 5.78 Å². The second-order valence-corrected chi connectivity index (χ2v) is 5.15. The van der Waals surface area contributed by atoms with E-state index in [9.17, 15) is 14.4 Å². The van der Waals surface area contributed by atoms with Gasteiger partial charge >= 0.3 is 5.97 Å². The summed E-state index contributed by atoms with van der Waals surface area (Å²) >= 11 is 0. The van der Waals surface area contributed by atoms with Gasteiger partial charge in [0.25, 0.3) is 0 Å². The highest BCUT2D eigenvalue weighted by molar-refractivity contribution is 6.06. The van der Waals surface area contributed by atoms with Crippen LogP contribution in [0.25, 0.3) is 0 Å². The minimum atomic E-state index is -1.12. The quantitative estimate of drug-likeness (QED) is 0.832. The maximum Gasteiger partial charge on any atom is 0.336 e. The number of benzene rings is 2. The molecule has 2 rings (SSSR count). The highest BCUT2D eigenvalue weighted by Crippen LogP contribution is 2.14. The Labute approximate surface area is 128 Å². The first-order valence-corrected chi connectivity index (χ1v) is 6.90. The Morgan fingerprint density at radius 3 is 2.05 bits per heavy atom. The van der Waals surface area contributed by atoms with Crippen LogP contribution >= 0.6 is 0 Å². The third-order valence-corrected chi connectivity index (χ3v) is 3.27. The maximum absolute atomic E-state index is 12.3. The number of hydrogen-bond acceptors (Lipinski definition) is 3. The fraction of sp³-hybridized carbons (Fsp3) is 0.167. The van der Waals surface area contributed by atoms with Crippen molar-refractivity contribution in [2.24, 2.45) is 0 Å². The molecule has 0 unspecified atom stereocenters. The van der Waals surface area contributed by atoms with Gasteiger partial charge in [0.05, 0.1) is 5.56 Å². The van der Waals surface area contributed by atoms with Crippen LogP contribution in [-0.4, -0.2) is 22.6 Å². The second-order valence-electron chi connectivity index (χ2n) is 5.15. The summed E-state index contributed by atoms with van der Waals surface area (Å²) in [6.07, 6.45) is 0.434. The standard InChI is InChI=1S/C18H16O4/c1-12(19)9-13-5-4-6-14(10-13)11-17(20)15-7-2-3-8-16(15)18(21)22/h2-8,10H,9,11H2,1H3,(H,21,22). The van der Waals surface area contributed by atoms with Crippen molar-refractivity contribution in [2.45, 2.75) is 19.8 Å². The lowest BCUT2D eigenvalue weighted by molar-refractivity contribution is -0.116. The van der Waals surface area contributed by atoms with Gasteiger partial charge in [0.1, 0.15) is 5.78 Å².